The van der Waals surface area contributed by atoms with Crippen LogP contribution in [0.4, 0.5) is 4.39 Å². The van der Waals surface area contributed by atoms with Gasteiger partial charge in [0.2, 0.25) is 0 Å². The highest BCUT2D eigenvalue weighted by molar-refractivity contribution is 5.95. The van der Waals surface area contributed by atoms with Crippen molar-refractivity contribution >= 4 is 11.8 Å². The van der Waals surface area contributed by atoms with Gasteiger partial charge in [0.05, 0.1) is 30.9 Å². The summed E-state index contributed by atoms with van der Waals surface area (Å²) in [5, 5.41) is 11.9. The summed E-state index contributed by atoms with van der Waals surface area (Å²) in [5.74, 6) is 0.454. The van der Waals surface area contributed by atoms with Crippen molar-refractivity contribution in [1.29, 1.82) is 5.26 Å². The first-order chi connectivity index (χ1) is 20.9. The average Bonchev–Trinajstić information content (AvgIpc) is 3.04. The fourth-order valence-electron chi connectivity index (χ4n) is 5.40. The van der Waals surface area contributed by atoms with Gasteiger partial charge in [-0.05, 0) is 84.1 Å². The van der Waals surface area contributed by atoms with Gasteiger partial charge < -0.3 is 24.4 Å². The molecule has 1 N–H and O–H groups in total. The summed E-state index contributed by atoms with van der Waals surface area (Å²) in [6, 6.07) is 19.9. The largest absolute Gasteiger partial charge is 0.493 e. The smallest absolute Gasteiger partial charge is 0.256 e. The van der Waals surface area contributed by atoms with Crippen molar-refractivity contribution in [3.05, 3.63) is 112 Å². The van der Waals surface area contributed by atoms with Gasteiger partial charge in [-0.3, -0.25) is 9.59 Å². The fraction of sp³-hybridized carbons (Fsp3) is 0.212. The summed E-state index contributed by atoms with van der Waals surface area (Å²) in [5.41, 5.74) is 3.19. The topological polar surface area (TPSA) is 114 Å². The van der Waals surface area contributed by atoms with Crippen molar-refractivity contribution in [3.8, 4) is 29.1 Å². The second-order valence-electron chi connectivity index (χ2n) is 10.2. The van der Waals surface area contributed by atoms with Crippen molar-refractivity contribution in [3.63, 3.8) is 0 Å². The number of nitriles is 1. The SMILES string of the molecule is COc1ccc2cc1OCCCNC(=O)c1cc(ccc1F)Oc1ccc3c(c1)CCN(C(=O)c1ccc(C#N)nc1)C23. The van der Waals surface area contributed by atoms with Gasteiger partial charge in [0.25, 0.3) is 11.8 Å². The number of rotatable bonds is 2. The minimum atomic E-state index is -0.646. The predicted octanol–water partition coefficient (Wildman–Crippen LogP) is 5.19. The van der Waals surface area contributed by atoms with Gasteiger partial charge in [0.1, 0.15) is 29.1 Å². The van der Waals surface area contributed by atoms with Crippen molar-refractivity contribution in [2.24, 2.45) is 0 Å². The summed E-state index contributed by atoms with van der Waals surface area (Å²) in [4.78, 5) is 32.5. The summed E-state index contributed by atoms with van der Waals surface area (Å²) >= 11 is 0. The van der Waals surface area contributed by atoms with Crippen LogP contribution in [0.15, 0.2) is 72.9 Å². The summed E-state index contributed by atoms with van der Waals surface area (Å²) in [7, 11) is 1.55. The van der Waals surface area contributed by atoms with Gasteiger partial charge in [-0.15, -0.1) is 0 Å². The number of ether oxygens (including phenoxy) is 3. The number of pyridine rings is 1. The number of hydrogen-bond donors (Lipinski definition) is 1. The number of carbonyl (C=O) groups is 2. The number of aromatic nitrogens is 1. The number of benzene rings is 3. The van der Waals surface area contributed by atoms with Crippen LogP contribution >= 0.6 is 0 Å². The molecule has 3 aliphatic heterocycles. The third-order valence-corrected chi connectivity index (χ3v) is 7.51. The molecule has 1 unspecified atom stereocenters. The van der Waals surface area contributed by atoms with E-state index in [9.17, 15) is 14.0 Å². The quantitative estimate of drug-likeness (QED) is 0.348. The van der Waals surface area contributed by atoms with E-state index in [-0.39, 0.29) is 30.3 Å². The van der Waals surface area contributed by atoms with Crippen molar-refractivity contribution in [1.82, 2.24) is 15.2 Å². The Morgan fingerprint density at radius 2 is 1.95 bits per heavy atom. The Labute approximate surface area is 247 Å². The molecule has 0 aliphatic carbocycles. The van der Waals surface area contributed by atoms with E-state index in [4.69, 9.17) is 19.5 Å². The molecule has 3 aromatic carbocycles. The van der Waals surface area contributed by atoms with E-state index < -0.39 is 17.8 Å². The van der Waals surface area contributed by atoms with Crippen LogP contribution in [0.5, 0.6) is 23.0 Å². The molecule has 8 bridgehead atoms. The molecule has 4 heterocycles. The lowest BCUT2D eigenvalue weighted by Crippen LogP contribution is -2.40. The number of nitrogens with zero attached hydrogens (tertiary/aromatic N) is 3. The van der Waals surface area contributed by atoms with Crippen molar-refractivity contribution < 1.29 is 28.2 Å². The minimum absolute atomic E-state index is 0.113. The molecule has 43 heavy (non-hydrogen) atoms. The van der Waals surface area contributed by atoms with Gasteiger partial charge in [-0.1, -0.05) is 12.1 Å². The molecule has 1 atom stereocenters. The number of amides is 2. The van der Waals surface area contributed by atoms with Crippen LogP contribution < -0.4 is 19.5 Å². The number of carbonyl (C=O) groups excluding carboxylic acids is 2. The van der Waals surface area contributed by atoms with Crippen LogP contribution in [0, 0.1) is 17.1 Å². The molecule has 3 aliphatic rings. The van der Waals surface area contributed by atoms with Crippen LogP contribution in [-0.4, -0.2) is 48.5 Å². The maximum absolute atomic E-state index is 14.5. The zero-order chi connectivity index (χ0) is 29.9. The van der Waals surface area contributed by atoms with Crippen LogP contribution in [0.1, 0.15) is 55.6 Å². The molecule has 2 amide bonds. The lowest BCUT2D eigenvalue weighted by molar-refractivity contribution is 0.0693. The Bertz CT molecular complexity index is 1750. The minimum Gasteiger partial charge on any atom is -0.493 e. The molecule has 0 spiro atoms. The molecule has 0 saturated carbocycles. The molecule has 0 fully saturated rings. The molecule has 7 rings (SSSR count). The number of fused-ring (bicyclic) bond motifs is 6. The summed E-state index contributed by atoms with van der Waals surface area (Å²) in [6.45, 7) is 0.929. The Morgan fingerprint density at radius 1 is 1.12 bits per heavy atom. The van der Waals surface area contributed by atoms with Crippen LogP contribution in [0.25, 0.3) is 0 Å². The molecule has 9 nitrogen and oxygen atoms in total. The molecule has 216 valence electrons. The number of halogens is 1. The van der Waals surface area contributed by atoms with Gasteiger partial charge in [0, 0.05) is 19.3 Å². The number of nitrogens with one attached hydrogen (secondary N) is 1. The molecule has 0 saturated heterocycles. The first kappa shape index (κ1) is 27.7. The zero-order valence-corrected chi connectivity index (χ0v) is 23.3. The summed E-state index contributed by atoms with van der Waals surface area (Å²) < 4.78 is 32.2. The van der Waals surface area contributed by atoms with E-state index in [0.29, 0.717) is 47.9 Å². The molecular weight excluding hydrogens is 551 g/mol. The van der Waals surface area contributed by atoms with E-state index in [2.05, 4.69) is 10.3 Å². The Kier molecular flexibility index (Phi) is 7.62. The highest BCUT2D eigenvalue weighted by Gasteiger charge is 2.34. The lowest BCUT2D eigenvalue weighted by Gasteiger charge is -2.38. The first-order valence-electron chi connectivity index (χ1n) is 13.8. The third kappa shape index (κ3) is 5.57. The van der Waals surface area contributed by atoms with Gasteiger partial charge in [-0.25, -0.2) is 9.37 Å². The fourth-order valence-corrected chi connectivity index (χ4v) is 5.40. The Morgan fingerprint density at radius 3 is 2.74 bits per heavy atom. The van der Waals surface area contributed by atoms with Crippen molar-refractivity contribution in [2.75, 3.05) is 26.8 Å². The first-order valence-corrected chi connectivity index (χ1v) is 13.8. The van der Waals surface area contributed by atoms with E-state index in [1.54, 1.807) is 30.2 Å². The molecule has 10 heteroatoms. The molecular formula is C33H27FN4O5. The molecule has 0 radical (unpaired) electrons. The third-order valence-electron chi connectivity index (χ3n) is 7.51. The van der Waals surface area contributed by atoms with E-state index in [1.807, 2.05) is 30.3 Å². The highest BCUT2D eigenvalue weighted by Crippen LogP contribution is 2.41. The van der Waals surface area contributed by atoms with Gasteiger partial charge in [-0.2, -0.15) is 5.26 Å². The second-order valence-corrected chi connectivity index (χ2v) is 10.2. The second kappa shape index (κ2) is 11.8. The number of methoxy groups -OCH3 is 1. The molecule has 1 aromatic heterocycles. The van der Waals surface area contributed by atoms with Crippen LogP contribution in [0.2, 0.25) is 0 Å². The standard InChI is InChI=1S/C33H27FN4O5/c1-41-29-10-4-21-16-30(29)42-14-2-12-36-32(39)27-17-25(7-9-28(27)34)43-24-6-8-26-20(15-24)11-13-38(31(21)26)33(40)22-3-5-23(18-35)37-19-22/h3-10,15-17,19,31H,2,11-14H2,1H3,(H,36,39). The number of hydrogen-bond acceptors (Lipinski definition) is 7. The highest BCUT2D eigenvalue weighted by atomic mass is 19.1. The van der Waals surface area contributed by atoms with E-state index in [0.717, 1.165) is 16.7 Å². The van der Waals surface area contributed by atoms with E-state index >= 15 is 0 Å². The predicted molar refractivity (Wildman–Crippen MR) is 154 cm³/mol. The van der Waals surface area contributed by atoms with Crippen LogP contribution in [0.3, 0.4) is 0 Å². The monoisotopic (exact) mass is 578 g/mol. The maximum Gasteiger partial charge on any atom is 0.256 e. The van der Waals surface area contributed by atoms with E-state index in [1.165, 1.54) is 30.5 Å². The van der Waals surface area contributed by atoms with Gasteiger partial charge in [0.15, 0.2) is 11.5 Å². The van der Waals surface area contributed by atoms with Crippen LogP contribution in [-0.2, 0) is 6.42 Å². The maximum atomic E-state index is 14.5. The Hall–Kier alpha value is -5.43. The Balaban J connectivity index is 1.45. The normalized spacial score (nSPS) is 16.1. The molecule has 4 aromatic rings. The van der Waals surface area contributed by atoms with Gasteiger partial charge >= 0.3 is 0 Å². The lowest BCUT2D eigenvalue weighted by atomic mass is 9.87. The van der Waals surface area contributed by atoms with Crippen molar-refractivity contribution in [2.45, 2.75) is 18.9 Å². The zero-order valence-electron chi connectivity index (χ0n) is 23.3. The summed E-state index contributed by atoms with van der Waals surface area (Å²) in [6.07, 6.45) is 2.43. The average molecular weight is 579 g/mol.